The van der Waals surface area contributed by atoms with E-state index in [4.69, 9.17) is 0 Å². The number of hydrogen-bond acceptors (Lipinski definition) is 4. The van der Waals surface area contributed by atoms with Gasteiger partial charge in [-0.05, 0) is 42.2 Å². The van der Waals surface area contributed by atoms with E-state index in [9.17, 15) is 17.6 Å². The van der Waals surface area contributed by atoms with E-state index in [1.807, 2.05) is 6.07 Å². The molecule has 1 amide bonds. The minimum atomic E-state index is -2.92. The average molecular weight is 353 g/mol. The van der Waals surface area contributed by atoms with Gasteiger partial charge in [0, 0.05) is 11.4 Å². The second kappa shape index (κ2) is 6.41. The molecule has 2 heterocycles. The third-order valence-electron chi connectivity index (χ3n) is 3.84. The number of benzene rings is 1. The van der Waals surface area contributed by atoms with Crippen LogP contribution in [0.4, 0.5) is 4.39 Å². The number of nitrogens with one attached hydrogen (secondary N) is 1. The molecule has 3 rings (SSSR count). The van der Waals surface area contributed by atoms with Crippen molar-refractivity contribution in [1.29, 1.82) is 0 Å². The predicted molar refractivity (Wildman–Crippen MR) is 88.8 cm³/mol. The van der Waals surface area contributed by atoms with Gasteiger partial charge in [-0.3, -0.25) is 4.79 Å². The highest BCUT2D eigenvalue weighted by molar-refractivity contribution is 7.91. The van der Waals surface area contributed by atoms with Gasteiger partial charge in [-0.15, -0.1) is 11.3 Å². The lowest BCUT2D eigenvalue weighted by Crippen LogP contribution is -2.29. The maximum absolute atomic E-state index is 12.9. The lowest BCUT2D eigenvalue weighted by molar-refractivity contribution is 0.0952. The van der Waals surface area contributed by atoms with E-state index in [0.29, 0.717) is 17.8 Å². The fourth-order valence-corrected chi connectivity index (χ4v) is 5.38. The summed E-state index contributed by atoms with van der Waals surface area (Å²) in [6.45, 7) is 0.377. The Hall–Kier alpha value is -1.73. The van der Waals surface area contributed by atoms with Crippen LogP contribution in [0.15, 0.2) is 36.4 Å². The van der Waals surface area contributed by atoms with Crippen LogP contribution >= 0.6 is 11.3 Å². The molecule has 1 aliphatic heterocycles. The molecule has 0 saturated carbocycles. The van der Waals surface area contributed by atoms with Crippen LogP contribution in [0.1, 0.15) is 16.1 Å². The van der Waals surface area contributed by atoms with Crippen molar-refractivity contribution >= 4 is 27.1 Å². The van der Waals surface area contributed by atoms with Crippen LogP contribution in [0.3, 0.4) is 0 Å². The molecular formula is C16H16FNO3S2. The monoisotopic (exact) mass is 353 g/mol. The minimum absolute atomic E-state index is 0.000446. The highest BCUT2D eigenvalue weighted by Crippen LogP contribution is 2.28. The number of carbonyl (C=O) groups is 1. The van der Waals surface area contributed by atoms with Crippen molar-refractivity contribution < 1.29 is 17.6 Å². The zero-order valence-corrected chi connectivity index (χ0v) is 13.9. The highest BCUT2D eigenvalue weighted by atomic mass is 32.2. The molecule has 4 nitrogen and oxygen atoms in total. The van der Waals surface area contributed by atoms with Crippen LogP contribution in [0.2, 0.25) is 0 Å². The molecule has 1 aromatic carbocycles. The van der Waals surface area contributed by atoms with Gasteiger partial charge in [0.05, 0.1) is 16.4 Å². The molecule has 1 atom stereocenters. The van der Waals surface area contributed by atoms with Crippen molar-refractivity contribution in [3.05, 3.63) is 47.1 Å². The van der Waals surface area contributed by atoms with Crippen LogP contribution in [-0.2, 0) is 9.84 Å². The third kappa shape index (κ3) is 3.97. The molecule has 1 N–H and O–H groups in total. The first-order chi connectivity index (χ1) is 10.9. The van der Waals surface area contributed by atoms with Gasteiger partial charge in [0.25, 0.3) is 5.91 Å². The van der Waals surface area contributed by atoms with Crippen LogP contribution in [0.25, 0.3) is 10.4 Å². The summed E-state index contributed by atoms with van der Waals surface area (Å²) in [6.07, 6.45) is 0.605. The van der Waals surface area contributed by atoms with Gasteiger partial charge in [-0.2, -0.15) is 0 Å². The van der Waals surface area contributed by atoms with Gasteiger partial charge in [0.1, 0.15) is 5.82 Å². The number of hydrogen-bond donors (Lipinski definition) is 1. The van der Waals surface area contributed by atoms with Gasteiger partial charge in [0.15, 0.2) is 9.84 Å². The molecule has 0 bridgehead atoms. The fourth-order valence-electron chi connectivity index (χ4n) is 2.59. The molecular weight excluding hydrogens is 337 g/mol. The summed E-state index contributed by atoms with van der Waals surface area (Å²) in [6, 6.07) is 9.67. The lowest BCUT2D eigenvalue weighted by Gasteiger charge is -2.08. The summed E-state index contributed by atoms with van der Waals surface area (Å²) >= 11 is 1.33. The van der Waals surface area contributed by atoms with Crippen molar-refractivity contribution in [2.75, 3.05) is 18.1 Å². The number of sulfone groups is 1. The molecule has 7 heteroatoms. The molecule has 1 aliphatic rings. The third-order valence-corrected chi connectivity index (χ3v) is 6.81. The number of carbonyl (C=O) groups excluding carboxylic acids is 1. The first kappa shape index (κ1) is 16.1. The summed E-state index contributed by atoms with van der Waals surface area (Å²) in [5.41, 5.74) is 0.859. The number of halogens is 1. The number of thiophene rings is 1. The van der Waals surface area contributed by atoms with Crippen LogP contribution in [-0.4, -0.2) is 32.4 Å². The molecule has 0 radical (unpaired) electrons. The van der Waals surface area contributed by atoms with Crippen molar-refractivity contribution in [3.8, 4) is 10.4 Å². The van der Waals surface area contributed by atoms with Gasteiger partial charge in [-0.1, -0.05) is 12.1 Å². The Labute approximate surface area is 138 Å². The first-order valence-electron chi connectivity index (χ1n) is 7.27. The van der Waals surface area contributed by atoms with Gasteiger partial charge in [-0.25, -0.2) is 12.8 Å². The van der Waals surface area contributed by atoms with E-state index in [2.05, 4.69) is 5.32 Å². The van der Waals surface area contributed by atoms with Crippen molar-refractivity contribution in [2.24, 2.45) is 5.92 Å². The minimum Gasteiger partial charge on any atom is -0.351 e. The average Bonchev–Trinajstić information content (AvgIpc) is 3.12. The standard InChI is InChI=1S/C16H16FNO3S2/c17-13-3-1-12(2-4-13)14-5-6-15(22-14)16(19)18-9-11-7-8-23(20,21)10-11/h1-6,11H,7-10H2,(H,18,19). The van der Waals surface area contributed by atoms with Gasteiger partial charge >= 0.3 is 0 Å². The fraction of sp³-hybridized carbons (Fsp3) is 0.312. The Morgan fingerprint density at radius 1 is 1.22 bits per heavy atom. The molecule has 1 fully saturated rings. The molecule has 1 unspecified atom stereocenters. The predicted octanol–water partition coefficient (Wildman–Crippen LogP) is 2.72. The Bertz CT molecular complexity index is 812. The summed E-state index contributed by atoms with van der Waals surface area (Å²) < 4.78 is 35.7. The summed E-state index contributed by atoms with van der Waals surface area (Å²) in [5, 5.41) is 2.80. The Morgan fingerprint density at radius 3 is 2.61 bits per heavy atom. The Kier molecular flexibility index (Phi) is 4.50. The molecule has 1 saturated heterocycles. The topological polar surface area (TPSA) is 63.2 Å². The molecule has 0 aliphatic carbocycles. The van der Waals surface area contributed by atoms with Gasteiger partial charge in [0.2, 0.25) is 0 Å². The van der Waals surface area contributed by atoms with Crippen molar-refractivity contribution in [2.45, 2.75) is 6.42 Å². The zero-order chi connectivity index (χ0) is 16.4. The van der Waals surface area contributed by atoms with Crippen LogP contribution < -0.4 is 5.32 Å². The Balaban J connectivity index is 1.61. The van der Waals surface area contributed by atoms with Gasteiger partial charge < -0.3 is 5.32 Å². The number of rotatable bonds is 4. The molecule has 122 valence electrons. The quantitative estimate of drug-likeness (QED) is 0.919. The number of amides is 1. The molecule has 2 aromatic rings. The normalized spacial score (nSPS) is 19.6. The molecule has 1 aromatic heterocycles. The van der Waals surface area contributed by atoms with Crippen molar-refractivity contribution in [3.63, 3.8) is 0 Å². The van der Waals surface area contributed by atoms with E-state index < -0.39 is 9.84 Å². The zero-order valence-electron chi connectivity index (χ0n) is 12.3. The molecule has 23 heavy (non-hydrogen) atoms. The second-order valence-corrected chi connectivity index (χ2v) is 8.96. The van der Waals surface area contributed by atoms with Crippen LogP contribution in [0, 0.1) is 11.7 Å². The maximum atomic E-state index is 12.9. The van der Waals surface area contributed by atoms with Crippen LogP contribution in [0.5, 0.6) is 0 Å². The summed E-state index contributed by atoms with van der Waals surface area (Å²) in [5.74, 6) is -0.136. The summed E-state index contributed by atoms with van der Waals surface area (Å²) in [4.78, 5) is 13.6. The SMILES string of the molecule is O=C(NCC1CCS(=O)(=O)C1)c1ccc(-c2ccc(F)cc2)s1. The Morgan fingerprint density at radius 2 is 1.96 bits per heavy atom. The summed E-state index contributed by atoms with van der Waals surface area (Å²) in [7, 11) is -2.92. The molecule has 0 spiro atoms. The van der Waals surface area contributed by atoms with E-state index in [-0.39, 0.29) is 29.1 Å². The highest BCUT2D eigenvalue weighted by Gasteiger charge is 2.28. The van der Waals surface area contributed by atoms with E-state index in [1.54, 1.807) is 18.2 Å². The smallest absolute Gasteiger partial charge is 0.261 e. The largest absolute Gasteiger partial charge is 0.351 e. The first-order valence-corrected chi connectivity index (χ1v) is 9.91. The lowest BCUT2D eigenvalue weighted by atomic mass is 10.1. The van der Waals surface area contributed by atoms with Crippen molar-refractivity contribution in [1.82, 2.24) is 5.32 Å². The van der Waals surface area contributed by atoms with E-state index >= 15 is 0 Å². The maximum Gasteiger partial charge on any atom is 0.261 e. The second-order valence-electron chi connectivity index (χ2n) is 5.65. The van der Waals surface area contributed by atoms with E-state index in [0.717, 1.165) is 10.4 Å². The van der Waals surface area contributed by atoms with E-state index in [1.165, 1.54) is 23.5 Å².